The molecule has 0 fully saturated rings. The Balaban J connectivity index is 1.95. The molecule has 0 saturated heterocycles. The van der Waals surface area contributed by atoms with Crippen LogP contribution in [0, 0.1) is 6.92 Å². The van der Waals surface area contributed by atoms with Gasteiger partial charge in [0.25, 0.3) is 5.91 Å². The van der Waals surface area contributed by atoms with Crippen molar-refractivity contribution in [1.82, 2.24) is 14.9 Å². The second-order valence-corrected chi connectivity index (χ2v) is 5.48. The van der Waals surface area contributed by atoms with E-state index in [1.807, 2.05) is 26.0 Å². The molecule has 1 amide bonds. The maximum atomic E-state index is 12.1. The number of methoxy groups -OCH3 is 1. The summed E-state index contributed by atoms with van der Waals surface area (Å²) in [6, 6.07) is 6.04. The van der Waals surface area contributed by atoms with Gasteiger partial charge in [-0.3, -0.25) is 4.79 Å². The van der Waals surface area contributed by atoms with Crippen molar-refractivity contribution < 1.29 is 9.53 Å². The Morgan fingerprint density at radius 1 is 1.43 bits per heavy atom. The fraction of sp³-hybridized carbons (Fsp3) is 0.400. The van der Waals surface area contributed by atoms with Gasteiger partial charge in [0.05, 0.1) is 12.8 Å². The summed E-state index contributed by atoms with van der Waals surface area (Å²) >= 11 is 1.14. The van der Waals surface area contributed by atoms with Crippen molar-refractivity contribution in [3.8, 4) is 5.75 Å². The minimum atomic E-state index is -0.103. The molecule has 5 nitrogen and oxygen atoms in total. The number of hydrogen-bond donors (Lipinski definition) is 1. The summed E-state index contributed by atoms with van der Waals surface area (Å²) in [6.45, 7) is 4.56. The van der Waals surface area contributed by atoms with E-state index in [-0.39, 0.29) is 5.91 Å². The van der Waals surface area contributed by atoms with Crippen molar-refractivity contribution in [2.45, 2.75) is 26.7 Å². The van der Waals surface area contributed by atoms with Crippen molar-refractivity contribution in [3.63, 3.8) is 0 Å². The first-order valence-electron chi connectivity index (χ1n) is 6.88. The average Bonchev–Trinajstić information content (AvgIpc) is 2.96. The highest BCUT2D eigenvalue weighted by Crippen LogP contribution is 2.20. The lowest BCUT2D eigenvalue weighted by atomic mass is 10.1. The lowest BCUT2D eigenvalue weighted by Gasteiger charge is -2.10. The molecule has 0 bridgehead atoms. The summed E-state index contributed by atoms with van der Waals surface area (Å²) in [5.74, 6) is 0.747. The van der Waals surface area contributed by atoms with Gasteiger partial charge in [0.2, 0.25) is 0 Å². The Hall–Kier alpha value is -1.95. The third-order valence-electron chi connectivity index (χ3n) is 3.21. The van der Waals surface area contributed by atoms with Gasteiger partial charge in [0, 0.05) is 6.54 Å². The van der Waals surface area contributed by atoms with E-state index >= 15 is 0 Å². The third kappa shape index (κ3) is 3.78. The predicted molar refractivity (Wildman–Crippen MR) is 83.1 cm³/mol. The molecule has 2 aromatic rings. The zero-order valence-electron chi connectivity index (χ0n) is 12.5. The third-order valence-corrected chi connectivity index (χ3v) is 3.98. The Morgan fingerprint density at radius 2 is 2.24 bits per heavy atom. The number of nitrogens with zero attached hydrogens (tertiary/aromatic N) is 2. The normalized spacial score (nSPS) is 10.4. The molecule has 0 unspecified atom stereocenters. The number of carbonyl (C=O) groups excluding carboxylic acids is 1. The molecule has 1 heterocycles. The van der Waals surface area contributed by atoms with E-state index in [0.29, 0.717) is 17.8 Å². The van der Waals surface area contributed by atoms with Crippen LogP contribution in [-0.4, -0.2) is 29.1 Å². The van der Waals surface area contributed by atoms with Gasteiger partial charge in [-0.1, -0.05) is 29.1 Å². The number of rotatable bonds is 6. The van der Waals surface area contributed by atoms with Crippen molar-refractivity contribution >= 4 is 17.4 Å². The fourth-order valence-corrected chi connectivity index (χ4v) is 2.77. The summed E-state index contributed by atoms with van der Waals surface area (Å²) in [5, 5.41) is 6.86. The van der Waals surface area contributed by atoms with Gasteiger partial charge in [-0.05, 0) is 42.9 Å². The lowest BCUT2D eigenvalue weighted by molar-refractivity contribution is 0.0957. The molecule has 0 radical (unpaired) electrons. The largest absolute Gasteiger partial charge is 0.496 e. The minimum Gasteiger partial charge on any atom is -0.496 e. The van der Waals surface area contributed by atoms with Crippen LogP contribution in [-0.2, 0) is 12.8 Å². The highest BCUT2D eigenvalue weighted by molar-refractivity contribution is 7.08. The van der Waals surface area contributed by atoms with Crippen LogP contribution in [0.1, 0.15) is 33.4 Å². The van der Waals surface area contributed by atoms with Crippen LogP contribution < -0.4 is 10.1 Å². The molecule has 6 heteroatoms. The first-order chi connectivity index (χ1) is 10.2. The number of nitrogens with one attached hydrogen (secondary N) is 1. The Labute approximate surface area is 128 Å². The van der Waals surface area contributed by atoms with Crippen LogP contribution >= 0.6 is 11.5 Å². The first kappa shape index (κ1) is 15.4. The van der Waals surface area contributed by atoms with E-state index in [9.17, 15) is 4.79 Å². The van der Waals surface area contributed by atoms with Crippen LogP contribution in [0.5, 0.6) is 5.75 Å². The van der Waals surface area contributed by atoms with E-state index < -0.39 is 0 Å². The molecule has 0 aliphatic heterocycles. The van der Waals surface area contributed by atoms with Gasteiger partial charge in [0.15, 0.2) is 0 Å². The van der Waals surface area contributed by atoms with Gasteiger partial charge in [-0.2, -0.15) is 0 Å². The van der Waals surface area contributed by atoms with Crippen molar-refractivity contribution in [2.75, 3.05) is 13.7 Å². The second-order valence-electron chi connectivity index (χ2n) is 4.72. The van der Waals surface area contributed by atoms with Crippen LogP contribution in [0.3, 0.4) is 0 Å². The zero-order chi connectivity index (χ0) is 15.2. The van der Waals surface area contributed by atoms with E-state index in [4.69, 9.17) is 4.74 Å². The van der Waals surface area contributed by atoms with Gasteiger partial charge in [0.1, 0.15) is 10.6 Å². The van der Waals surface area contributed by atoms with Crippen molar-refractivity contribution in [2.24, 2.45) is 0 Å². The van der Waals surface area contributed by atoms with E-state index in [0.717, 1.165) is 35.0 Å². The Bertz CT molecular complexity index is 625. The number of aryl methyl sites for hydroxylation is 2. The molecule has 1 N–H and O–H groups in total. The van der Waals surface area contributed by atoms with Gasteiger partial charge in [-0.15, -0.1) is 5.10 Å². The summed E-state index contributed by atoms with van der Waals surface area (Å²) in [7, 11) is 1.66. The summed E-state index contributed by atoms with van der Waals surface area (Å²) in [5.41, 5.74) is 3.03. The van der Waals surface area contributed by atoms with Crippen LogP contribution in [0.4, 0.5) is 0 Å². The topological polar surface area (TPSA) is 64.1 Å². The lowest BCUT2D eigenvalue weighted by Crippen LogP contribution is -2.25. The van der Waals surface area contributed by atoms with Gasteiger partial charge < -0.3 is 10.1 Å². The zero-order valence-corrected chi connectivity index (χ0v) is 13.3. The Morgan fingerprint density at radius 3 is 2.95 bits per heavy atom. The molecular weight excluding hydrogens is 286 g/mol. The molecule has 21 heavy (non-hydrogen) atoms. The molecule has 0 spiro atoms. The maximum absolute atomic E-state index is 12.1. The molecular formula is C15H19N3O2S. The number of amides is 1. The smallest absolute Gasteiger partial charge is 0.264 e. The van der Waals surface area contributed by atoms with Crippen molar-refractivity contribution in [1.29, 1.82) is 0 Å². The van der Waals surface area contributed by atoms with Gasteiger partial charge in [-0.25, -0.2) is 0 Å². The maximum Gasteiger partial charge on any atom is 0.264 e. The molecule has 1 aromatic carbocycles. The molecule has 0 aliphatic rings. The van der Waals surface area contributed by atoms with E-state index in [1.54, 1.807) is 7.11 Å². The number of hydrogen-bond acceptors (Lipinski definition) is 5. The molecule has 0 aliphatic carbocycles. The minimum absolute atomic E-state index is 0.103. The van der Waals surface area contributed by atoms with Crippen molar-refractivity contribution in [3.05, 3.63) is 39.9 Å². The predicted octanol–water partition coefficient (Wildman–Crippen LogP) is 2.39. The summed E-state index contributed by atoms with van der Waals surface area (Å²) in [6.07, 6.45) is 1.44. The number of ether oxygens (including phenoxy) is 1. The summed E-state index contributed by atoms with van der Waals surface area (Å²) in [4.78, 5) is 12.7. The number of benzene rings is 1. The monoisotopic (exact) mass is 305 g/mol. The molecule has 0 saturated carbocycles. The van der Waals surface area contributed by atoms with Crippen LogP contribution in [0.25, 0.3) is 0 Å². The fourth-order valence-electron chi connectivity index (χ4n) is 2.11. The number of carbonyl (C=O) groups is 1. The molecule has 0 atom stereocenters. The average molecular weight is 305 g/mol. The first-order valence-corrected chi connectivity index (χ1v) is 7.66. The number of aromatic nitrogens is 2. The highest BCUT2D eigenvalue weighted by Gasteiger charge is 2.14. The van der Waals surface area contributed by atoms with Crippen LogP contribution in [0.2, 0.25) is 0 Å². The molecule has 2 rings (SSSR count). The SMILES string of the molecule is CCc1nnsc1C(=O)NCCc1cc(C)ccc1OC. The van der Waals surface area contributed by atoms with Crippen LogP contribution in [0.15, 0.2) is 18.2 Å². The van der Waals surface area contributed by atoms with E-state index in [1.165, 1.54) is 5.56 Å². The second kappa shape index (κ2) is 7.17. The molecule has 1 aromatic heterocycles. The van der Waals surface area contributed by atoms with E-state index in [2.05, 4.69) is 21.0 Å². The highest BCUT2D eigenvalue weighted by atomic mass is 32.1. The molecule has 112 valence electrons. The quantitative estimate of drug-likeness (QED) is 0.890. The summed E-state index contributed by atoms with van der Waals surface area (Å²) < 4.78 is 9.17. The van der Waals surface area contributed by atoms with Gasteiger partial charge >= 0.3 is 0 Å². The Kier molecular flexibility index (Phi) is 5.27. The standard InChI is InChI=1S/C15H19N3O2S/c1-4-12-14(21-18-17-12)15(19)16-8-7-11-9-10(2)5-6-13(11)20-3/h5-6,9H,4,7-8H2,1-3H3,(H,16,19).